The maximum Gasteiger partial charge on any atom is 0.336 e. The molecule has 4 aromatic rings. The number of benzene rings is 2. The van der Waals surface area contributed by atoms with Crippen molar-refractivity contribution in [3.63, 3.8) is 0 Å². The zero-order valence-electron chi connectivity index (χ0n) is 12.1. The van der Waals surface area contributed by atoms with Crippen LogP contribution in [-0.2, 0) is 0 Å². The van der Waals surface area contributed by atoms with Gasteiger partial charge in [0.25, 0.3) is 0 Å². The topological polar surface area (TPSA) is 63.1 Å². The second kappa shape index (κ2) is 5.18. The summed E-state index contributed by atoms with van der Waals surface area (Å²) in [6.45, 7) is 0. The Morgan fingerprint density at radius 1 is 0.957 bits per heavy atom. The summed E-state index contributed by atoms with van der Waals surface area (Å²) < 4.78 is 0. The second-order valence-corrected chi connectivity index (χ2v) is 5.28. The SMILES string of the molecule is O=C(O)c1cc(-c2cccc3cnccc23)nc2ccccc12. The minimum Gasteiger partial charge on any atom is -0.478 e. The van der Waals surface area contributed by atoms with Crippen LogP contribution in [0, 0.1) is 0 Å². The fourth-order valence-corrected chi connectivity index (χ4v) is 2.84. The van der Waals surface area contributed by atoms with Gasteiger partial charge in [0.15, 0.2) is 0 Å². The van der Waals surface area contributed by atoms with E-state index in [4.69, 9.17) is 0 Å². The lowest BCUT2D eigenvalue weighted by molar-refractivity contribution is 0.0699. The van der Waals surface area contributed by atoms with Crippen molar-refractivity contribution in [2.24, 2.45) is 0 Å². The van der Waals surface area contributed by atoms with E-state index in [9.17, 15) is 9.90 Å². The second-order valence-electron chi connectivity index (χ2n) is 5.28. The molecule has 0 aliphatic heterocycles. The van der Waals surface area contributed by atoms with Gasteiger partial charge in [0.2, 0.25) is 0 Å². The Bertz CT molecular complexity index is 1050. The number of hydrogen-bond donors (Lipinski definition) is 1. The Labute approximate surface area is 132 Å². The third-order valence-electron chi connectivity index (χ3n) is 3.90. The Balaban J connectivity index is 2.07. The van der Waals surface area contributed by atoms with E-state index in [1.807, 2.05) is 42.5 Å². The Morgan fingerprint density at radius 3 is 2.70 bits per heavy atom. The van der Waals surface area contributed by atoms with Crippen molar-refractivity contribution in [1.82, 2.24) is 9.97 Å². The highest BCUT2D eigenvalue weighted by atomic mass is 16.4. The van der Waals surface area contributed by atoms with Crippen LogP contribution in [0.5, 0.6) is 0 Å². The standard InChI is InChI=1S/C19H12N2O2/c22-19(23)16-10-18(21-17-7-2-1-5-15(16)17)14-6-3-4-12-11-20-9-8-13(12)14/h1-11H,(H,22,23). The predicted octanol–water partition coefficient (Wildman–Crippen LogP) is 4.15. The zero-order valence-corrected chi connectivity index (χ0v) is 12.1. The minimum absolute atomic E-state index is 0.261. The molecular formula is C19H12N2O2. The molecule has 2 heterocycles. The van der Waals surface area contributed by atoms with Gasteiger partial charge >= 0.3 is 5.97 Å². The number of carboxylic acid groups (broad SMARTS) is 1. The van der Waals surface area contributed by atoms with Gasteiger partial charge in [0.05, 0.1) is 16.8 Å². The number of fused-ring (bicyclic) bond motifs is 2. The van der Waals surface area contributed by atoms with Crippen LogP contribution in [0.4, 0.5) is 0 Å². The molecule has 4 nitrogen and oxygen atoms in total. The summed E-state index contributed by atoms with van der Waals surface area (Å²) in [6.07, 6.45) is 3.52. The molecule has 0 spiro atoms. The van der Waals surface area contributed by atoms with Crippen LogP contribution in [0.1, 0.15) is 10.4 Å². The molecule has 0 saturated heterocycles. The van der Waals surface area contributed by atoms with Gasteiger partial charge in [0.1, 0.15) is 0 Å². The maximum atomic E-state index is 11.6. The number of aromatic carboxylic acids is 1. The van der Waals surface area contributed by atoms with Crippen LogP contribution in [0.25, 0.3) is 32.9 Å². The quantitative estimate of drug-likeness (QED) is 0.604. The van der Waals surface area contributed by atoms with E-state index in [1.165, 1.54) is 0 Å². The molecule has 0 amide bonds. The summed E-state index contributed by atoms with van der Waals surface area (Å²) in [7, 11) is 0. The zero-order chi connectivity index (χ0) is 15.8. The number of pyridine rings is 2. The molecular weight excluding hydrogens is 288 g/mol. The fraction of sp³-hybridized carbons (Fsp3) is 0. The number of nitrogens with zero attached hydrogens (tertiary/aromatic N) is 2. The average Bonchev–Trinajstić information content (AvgIpc) is 2.60. The van der Waals surface area contributed by atoms with Crippen LogP contribution in [0.15, 0.2) is 67.0 Å². The van der Waals surface area contributed by atoms with Gasteiger partial charge < -0.3 is 5.11 Å². The van der Waals surface area contributed by atoms with Crippen LogP contribution < -0.4 is 0 Å². The Kier molecular flexibility index (Phi) is 3.01. The number of rotatable bonds is 2. The third-order valence-corrected chi connectivity index (χ3v) is 3.90. The van der Waals surface area contributed by atoms with Gasteiger partial charge in [-0.25, -0.2) is 9.78 Å². The molecule has 110 valence electrons. The summed E-state index contributed by atoms with van der Waals surface area (Å²) in [5.41, 5.74) is 2.49. The molecule has 23 heavy (non-hydrogen) atoms. The number of carboxylic acids is 1. The molecule has 2 aromatic heterocycles. The first kappa shape index (κ1) is 13.4. The molecule has 0 bridgehead atoms. The third kappa shape index (κ3) is 2.21. The maximum absolute atomic E-state index is 11.6. The van der Waals surface area contributed by atoms with Gasteiger partial charge in [-0.05, 0) is 23.6 Å². The van der Waals surface area contributed by atoms with E-state index < -0.39 is 5.97 Å². The van der Waals surface area contributed by atoms with Crippen LogP contribution in [0.3, 0.4) is 0 Å². The lowest BCUT2D eigenvalue weighted by Crippen LogP contribution is -2.00. The van der Waals surface area contributed by atoms with Crippen molar-refractivity contribution in [1.29, 1.82) is 0 Å². The molecule has 0 unspecified atom stereocenters. The van der Waals surface area contributed by atoms with Gasteiger partial charge in [-0.3, -0.25) is 4.98 Å². The van der Waals surface area contributed by atoms with E-state index in [2.05, 4.69) is 9.97 Å². The van der Waals surface area contributed by atoms with Crippen molar-refractivity contribution in [2.75, 3.05) is 0 Å². The summed E-state index contributed by atoms with van der Waals surface area (Å²) >= 11 is 0. The monoisotopic (exact) mass is 300 g/mol. The highest BCUT2D eigenvalue weighted by molar-refractivity contribution is 6.05. The fourth-order valence-electron chi connectivity index (χ4n) is 2.84. The number of hydrogen-bond acceptors (Lipinski definition) is 3. The summed E-state index contributed by atoms with van der Waals surface area (Å²) in [5.74, 6) is -0.952. The van der Waals surface area contributed by atoms with Crippen molar-refractivity contribution in [3.8, 4) is 11.3 Å². The minimum atomic E-state index is -0.952. The lowest BCUT2D eigenvalue weighted by Gasteiger charge is -2.09. The molecule has 0 fully saturated rings. The summed E-state index contributed by atoms with van der Waals surface area (Å²) in [6, 6.07) is 16.7. The molecule has 4 rings (SSSR count). The first-order valence-electron chi connectivity index (χ1n) is 7.20. The van der Waals surface area contributed by atoms with Crippen molar-refractivity contribution in [2.45, 2.75) is 0 Å². The molecule has 0 radical (unpaired) electrons. The molecule has 1 N–H and O–H groups in total. The van der Waals surface area contributed by atoms with Crippen molar-refractivity contribution in [3.05, 3.63) is 72.6 Å². The average molecular weight is 300 g/mol. The van der Waals surface area contributed by atoms with Gasteiger partial charge in [0, 0.05) is 28.7 Å². The first-order chi connectivity index (χ1) is 11.2. The molecule has 0 aliphatic carbocycles. The highest BCUT2D eigenvalue weighted by Crippen LogP contribution is 2.30. The van der Waals surface area contributed by atoms with E-state index in [0.29, 0.717) is 16.6 Å². The van der Waals surface area contributed by atoms with Gasteiger partial charge in [-0.15, -0.1) is 0 Å². The summed E-state index contributed by atoms with van der Waals surface area (Å²) in [4.78, 5) is 20.4. The van der Waals surface area contributed by atoms with E-state index in [1.54, 1.807) is 24.5 Å². The Hall–Kier alpha value is -3.27. The number of carbonyl (C=O) groups is 1. The van der Waals surface area contributed by atoms with Crippen LogP contribution >= 0.6 is 0 Å². The normalized spacial score (nSPS) is 11.0. The van der Waals surface area contributed by atoms with Gasteiger partial charge in [-0.2, -0.15) is 0 Å². The molecule has 0 atom stereocenters. The lowest BCUT2D eigenvalue weighted by atomic mass is 10.0. The van der Waals surface area contributed by atoms with E-state index >= 15 is 0 Å². The number of para-hydroxylation sites is 1. The van der Waals surface area contributed by atoms with Crippen LogP contribution in [-0.4, -0.2) is 21.0 Å². The van der Waals surface area contributed by atoms with E-state index in [-0.39, 0.29) is 5.56 Å². The molecule has 4 heteroatoms. The first-order valence-corrected chi connectivity index (χ1v) is 7.20. The Morgan fingerprint density at radius 2 is 1.83 bits per heavy atom. The van der Waals surface area contributed by atoms with Gasteiger partial charge in [-0.1, -0.05) is 36.4 Å². The molecule has 2 aromatic carbocycles. The van der Waals surface area contributed by atoms with E-state index in [0.717, 1.165) is 16.3 Å². The molecule has 0 saturated carbocycles. The number of aromatic nitrogens is 2. The van der Waals surface area contributed by atoms with Crippen molar-refractivity contribution >= 4 is 27.6 Å². The predicted molar refractivity (Wildman–Crippen MR) is 89.4 cm³/mol. The summed E-state index contributed by atoms with van der Waals surface area (Å²) in [5, 5.41) is 12.2. The smallest absolute Gasteiger partial charge is 0.336 e. The molecule has 0 aliphatic rings. The largest absolute Gasteiger partial charge is 0.478 e. The van der Waals surface area contributed by atoms with Crippen molar-refractivity contribution < 1.29 is 9.90 Å². The highest BCUT2D eigenvalue weighted by Gasteiger charge is 2.13. The van der Waals surface area contributed by atoms with Crippen LogP contribution in [0.2, 0.25) is 0 Å².